The van der Waals surface area contributed by atoms with Crippen molar-refractivity contribution in [1.29, 1.82) is 0 Å². The molecule has 0 spiro atoms. The molecule has 0 aromatic heterocycles. The van der Waals surface area contributed by atoms with Crippen LogP contribution in [0.4, 0.5) is 0 Å². The van der Waals surface area contributed by atoms with Crippen molar-refractivity contribution in [3.05, 3.63) is 48.2 Å². The third-order valence-corrected chi connectivity index (χ3v) is 2.21. The lowest BCUT2D eigenvalue weighted by Crippen LogP contribution is -2.02. The minimum atomic E-state index is -0.426. The van der Waals surface area contributed by atoms with E-state index in [1.54, 1.807) is 6.92 Å². The Bertz CT molecular complexity index is 429. The van der Waals surface area contributed by atoms with Gasteiger partial charge < -0.3 is 9.47 Å². The molecule has 0 aliphatic heterocycles. The molecule has 1 aromatic carbocycles. The largest absolute Gasteiger partial charge is 0.492 e. The van der Waals surface area contributed by atoms with Gasteiger partial charge in [0.1, 0.15) is 6.10 Å². The summed E-state index contributed by atoms with van der Waals surface area (Å²) in [5.74, 6) is 2.13. The number of terminal acetylenes is 1. The van der Waals surface area contributed by atoms with Crippen molar-refractivity contribution in [3.63, 3.8) is 0 Å². The highest BCUT2D eigenvalue weighted by atomic mass is 16.5. The number of esters is 1. The fourth-order valence-corrected chi connectivity index (χ4v) is 1.40. The zero-order valence-corrected chi connectivity index (χ0v) is 10.3. The Morgan fingerprint density at radius 2 is 2.17 bits per heavy atom. The quantitative estimate of drug-likeness (QED) is 0.334. The molecule has 0 N–H and O–H groups in total. The molecule has 1 atom stereocenters. The van der Waals surface area contributed by atoms with Gasteiger partial charge in [-0.3, -0.25) is 0 Å². The summed E-state index contributed by atoms with van der Waals surface area (Å²) < 4.78 is 10.2. The fourth-order valence-electron chi connectivity index (χ4n) is 1.40. The summed E-state index contributed by atoms with van der Waals surface area (Å²) in [7, 11) is 0. The molecule has 0 aliphatic carbocycles. The number of ether oxygens (including phenoxy) is 2. The summed E-state index contributed by atoms with van der Waals surface area (Å²) in [4.78, 5) is 11.1. The first-order valence-electron chi connectivity index (χ1n) is 5.75. The van der Waals surface area contributed by atoms with Crippen LogP contribution in [0.5, 0.6) is 0 Å². The summed E-state index contributed by atoms with van der Waals surface area (Å²) in [6.07, 6.45) is 8.07. The average Bonchev–Trinajstić information content (AvgIpc) is 2.39. The Hall–Kier alpha value is -2.21. The third-order valence-electron chi connectivity index (χ3n) is 2.21. The van der Waals surface area contributed by atoms with Crippen molar-refractivity contribution in [2.24, 2.45) is 0 Å². The lowest BCUT2D eigenvalue weighted by molar-refractivity contribution is -0.137. The molecule has 94 valence electrons. The molecule has 0 fully saturated rings. The van der Waals surface area contributed by atoms with E-state index in [-0.39, 0.29) is 6.10 Å². The highest BCUT2D eigenvalue weighted by Gasteiger charge is 2.09. The maximum absolute atomic E-state index is 11.1. The van der Waals surface area contributed by atoms with E-state index in [0.29, 0.717) is 13.0 Å². The molecule has 3 nitrogen and oxygen atoms in total. The van der Waals surface area contributed by atoms with Crippen LogP contribution in [0, 0.1) is 12.3 Å². The predicted octanol–water partition coefficient (Wildman–Crippen LogP) is 2.84. The zero-order chi connectivity index (χ0) is 13.2. The monoisotopic (exact) mass is 244 g/mol. The minimum Gasteiger partial charge on any atom is -0.492 e. The van der Waals surface area contributed by atoms with Crippen molar-refractivity contribution >= 4 is 5.97 Å². The second-order valence-electron chi connectivity index (χ2n) is 3.50. The highest BCUT2D eigenvalue weighted by molar-refractivity contribution is 5.81. The normalized spacial score (nSPS) is 11.8. The smallest absolute Gasteiger partial charge is 0.333 e. The molecule has 3 heteroatoms. The topological polar surface area (TPSA) is 35.5 Å². The molecule has 18 heavy (non-hydrogen) atoms. The molecule has 0 saturated carbocycles. The molecule has 1 rings (SSSR count). The van der Waals surface area contributed by atoms with E-state index in [9.17, 15) is 4.79 Å². The van der Waals surface area contributed by atoms with Crippen LogP contribution in [0.3, 0.4) is 0 Å². The average molecular weight is 244 g/mol. The van der Waals surface area contributed by atoms with Crippen LogP contribution in [0.15, 0.2) is 42.7 Å². The lowest BCUT2D eigenvalue weighted by atomic mass is 10.1. The summed E-state index contributed by atoms with van der Waals surface area (Å²) >= 11 is 0. The Balaban J connectivity index is 2.60. The fraction of sp³-hybridized carbons (Fsp3) is 0.267. The van der Waals surface area contributed by atoms with Crippen LogP contribution < -0.4 is 0 Å². The van der Waals surface area contributed by atoms with Crippen molar-refractivity contribution in [2.75, 3.05) is 6.61 Å². The Morgan fingerprint density at radius 3 is 2.78 bits per heavy atom. The van der Waals surface area contributed by atoms with Crippen LogP contribution in [-0.4, -0.2) is 12.6 Å². The molecule has 0 unspecified atom stereocenters. The number of carbonyl (C=O) groups excluding carboxylic acids is 1. The van der Waals surface area contributed by atoms with E-state index < -0.39 is 5.97 Å². The molecule has 0 radical (unpaired) electrons. The van der Waals surface area contributed by atoms with Crippen molar-refractivity contribution < 1.29 is 14.3 Å². The van der Waals surface area contributed by atoms with E-state index in [4.69, 9.17) is 15.9 Å². The maximum atomic E-state index is 11.1. The van der Waals surface area contributed by atoms with E-state index in [1.165, 1.54) is 12.3 Å². The standard InChI is InChI=1S/C15H16O3/c1-3-8-14(13-9-6-5-7-10-13)18-12-11-15(16)17-4-2/h1,5-7,9-12,14H,4,8H2,2H3/b12-11+/t14-/m1/s1. The second kappa shape index (κ2) is 7.97. The molecular weight excluding hydrogens is 228 g/mol. The number of hydrogen-bond acceptors (Lipinski definition) is 3. The van der Waals surface area contributed by atoms with Gasteiger partial charge in [-0.2, -0.15) is 0 Å². The van der Waals surface area contributed by atoms with Gasteiger partial charge in [-0.25, -0.2) is 4.79 Å². The molecule has 0 bridgehead atoms. The summed E-state index contributed by atoms with van der Waals surface area (Å²) in [5.41, 5.74) is 0.976. The minimum absolute atomic E-state index is 0.248. The molecular formula is C15H16O3. The summed E-state index contributed by atoms with van der Waals surface area (Å²) in [6, 6.07) is 9.61. The van der Waals surface area contributed by atoms with Gasteiger partial charge in [-0.05, 0) is 12.5 Å². The predicted molar refractivity (Wildman–Crippen MR) is 69.5 cm³/mol. The molecule has 0 heterocycles. The van der Waals surface area contributed by atoms with Crippen LogP contribution in [0.2, 0.25) is 0 Å². The van der Waals surface area contributed by atoms with Crippen LogP contribution >= 0.6 is 0 Å². The summed E-state index contributed by atoms with van der Waals surface area (Å²) in [5, 5.41) is 0. The van der Waals surface area contributed by atoms with Gasteiger partial charge in [0, 0.05) is 0 Å². The Morgan fingerprint density at radius 1 is 1.44 bits per heavy atom. The van der Waals surface area contributed by atoms with Gasteiger partial charge in [-0.1, -0.05) is 30.3 Å². The summed E-state index contributed by atoms with van der Waals surface area (Å²) in [6.45, 7) is 2.09. The van der Waals surface area contributed by atoms with E-state index >= 15 is 0 Å². The van der Waals surface area contributed by atoms with Crippen LogP contribution in [0.25, 0.3) is 0 Å². The second-order valence-corrected chi connectivity index (χ2v) is 3.50. The molecule has 0 aliphatic rings. The first-order valence-corrected chi connectivity index (χ1v) is 5.75. The molecule has 1 aromatic rings. The maximum Gasteiger partial charge on any atom is 0.333 e. The highest BCUT2D eigenvalue weighted by Crippen LogP contribution is 2.20. The van der Waals surface area contributed by atoms with Gasteiger partial charge in [0.25, 0.3) is 0 Å². The zero-order valence-electron chi connectivity index (χ0n) is 10.3. The first kappa shape index (κ1) is 13.9. The van der Waals surface area contributed by atoms with E-state index in [0.717, 1.165) is 5.56 Å². The first-order chi connectivity index (χ1) is 8.77. The number of benzene rings is 1. The van der Waals surface area contributed by atoms with Gasteiger partial charge >= 0.3 is 5.97 Å². The Kier molecular flexibility index (Phi) is 6.13. The lowest BCUT2D eigenvalue weighted by Gasteiger charge is -2.14. The number of carbonyl (C=O) groups is 1. The molecule has 0 saturated heterocycles. The van der Waals surface area contributed by atoms with Crippen LogP contribution in [0.1, 0.15) is 25.0 Å². The van der Waals surface area contributed by atoms with Crippen molar-refractivity contribution in [3.8, 4) is 12.3 Å². The Labute approximate surface area is 107 Å². The third kappa shape index (κ3) is 4.75. The van der Waals surface area contributed by atoms with Crippen LogP contribution in [-0.2, 0) is 14.3 Å². The van der Waals surface area contributed by atoms with Crippen molar-refractivity contribution in [2.45, 2.75) is 19.4 Å². The van der Waals surface area contributed by atoms with Gasteiger partial charge in [0.15, 0.2) is 0 Å². The van der Waals surface area contributed by atoms with Crippen molar-refractivity contribution in [1.82, 2.24) is 0 Å². The van der Waals surface area contributed by atoms with Gasteiger partial charge in [-0.15, -0.1) is 12.3 Å². The number of hydrogen-bond donors (Lipinski definition) is 0. The van der Waals surface area contributed by atoms with E-state index in [1.807, 2.05) is 30.3 Å². The number of rotatable bonds is 6. The SMILES string of the molecule is C#CC[C@@H](O/C=C/C(=O)OCC)c1ccccc1. The van der Waals surface area contributed by atoms with Gasteiger partial charge in [0.2, 0.25) is 0 Å². The molecule has 0 amide bonds. The van der Waals surface area contributed by atoms with E-state index in [2.05, 4.69) is 5.92 Å². The van der Waals surface area contributed by atoms with Gasteiger partial charge in [0.05, 0.1) is 25.4 Å².